The Labute approximate surface area is 107 Å². The molecule has 3 heteroatoms. The molecule has 0 aliphatic carbocycles. The van der Waals surface area contributed by atoms with Gasteiger partial charge < -0.3 is 4.57 Å². The molecule has 1 aromatic heterocycles. The van der Waals surface area contributed by atoms with Gasteiger partial charge in [-0.15, -0.1) is 0 Å². The number of aromatic nitrogens is 2. The van der Waals surface area contributed by atoms with Gasteiger partial charge in [0.25, 0.3) is 0 Å². The lowest BCUT2D eigenvalue weighted by atomic mass is 9.98. The molecule has 0 amide bonds. The predicted octanol–water partition coefficient (Wildman–Crippen LogP) is 2.88. The molecule has 0 bridgehead atoms. The topological polar surface area (TPSA) is 34.9 Å². The molecule has 94 valence electrons. The smallest absolute Gasteiger partial charge is 0.213 e. The molecule has 0 saturated heterocycles. The van der Waals surface area contributed by atoms with Crippen LogP contribution in [0.15, 0.2) is 18.2 Å². The van der Waals surface area contributed by atoms with E-state index >= 15 is 0 Å². The molecule has 0 saturated carbocycles. The number of benzene rings is 1. The molecule has 0 unspecified atom stereocenters. The Morgan fingerprint density at radius 2 is 1.83 bits per heavy atom. The van der Waals surface area contributed by atoms with Crippen LogP contribution >= 0.6 is 0 Å². The van der Waals surface area contributed by atoms with Gasteiger partial charge in [0.15, 0.2) is 0 Å². The summed E-state index contributed by atoms with van der Waals surface area (Å²) >= 11 is 0. The first-order valence-corrected chi connectivity index (χ1v) is 6.04. The quantitative estimate of drug-likeness (QED) is 0.759. The van der Waals surface area contributed by atoms with Crippen molar-refractivity contribution in [2.45, 2.75) is 27.7 Å². The Bertz CT molecular complexity index is 624. The van der Waals surface area contributed by atoms with E-state index in [2.05, 4.69) is 4.98 Å². The van der Waals surface area contributed by atoms with Crippen LogP contribution in [0.4, 0.5) is 0 Å². The summed E-state index contributed by atoms with van der Waals surface area (Å²) in [7, 11) is 1.93. The molecule has 0 radical (unpaired) electrons. The molecular formula is C15H18N2O. The van der Waals surface area contributed by atoms with Crippen molar-refractivity contribution in [1.29, 1.82) is 0 Å². The zero-order chi connectivity index (χ0) is 13.4. The van der Waals surface area contributed by atoms with Gasteiger partial charge in [-0.1, -0.05) is 18.2 Å². The lowest BCUT2D eigenvalue weighted by Gasteiger charge is -2.06. The van der Waals surface area contributed by atoms with Gasteiger partial charge in [0.2, 0.25) is 5.78 Å². The molecule has 0 fully saturated rings. The van der Waals surface area contributed by atoms with Gasteiger partial charge in [0, 0.05) is 18.3 Å². The lowest BCUT2D eigenvalue weighted by molar-refractivity contribution is 0.103. The summed E-state index contributed by atoms with van der Waals surface area (Å²) in [5, 5.41) is 0. The standard InChI is InChI=1S/C15H18N2O/c1-9-7-6-8-13(10(9)2)15(18)14-11(3)17(5)12(4)16-14/h6-8H,1-5H3. The van der Waals surface area contributed by atoms with E-state index in [4.69, 9.17) is 0 Å². The van der Waals surface area contributed by atoms with Crippen molar-refractivity contribution in [2.75, 3.05) is 0 Å². The van der Waals surface area contributed by atoms with Crippen molar-refractivity contribution in [1.82, 2.24) is 9.55 Å². The van der Waals surface area contributed by atoms with Gasteiger partial charge in [-0.2, -0.15) is 0 Å². The number of carbonyl (C=O) groups excluding carboxylic acids is 1. The van der Waals surface area contributed by atoms with Crippen LogP contribution in [0.1, 0.15) is 38.7 Å². The van der Waals surface area contributed by atoms with Crippen molar-refractivity contribution < 1.29 is 4.79 Å². The number of carbonyl (C=O) groups is 1. The monoisotopic (exact) mass is 242 g/mol. The fraction of sp³-hybridized carbons (Fsp3) is 0.333. The number of aryl methyl sites for hydroxylation is 2. The van der Waals surface area contributed by atoms with E-state index in [0.29, 0.717) is 5.69 Å². The maximum absolute atomic E-state index is 12.5. The summed E-state index contributed by atoms with van der Waals surface area (Å²) in [6, 6.07) is 5.80. The second kappa shape index (κ2) is 4.41. The molecule has 1 heterocycles. The van der Waals surface area contributed by atoms with Crippen molar-refractivity contribution in [3.63, 3.8) is 0 Å². The molecule has 3 nitrogen and oxygen atoms in total. The summed E-state index contributed by atoms with van der Waals surface area (Å²) in [6.45, 7) is 7.83. The summed E-state index contributed by atoms with van der Waals surface area (Å²) in [6.07, 6.45) is 0. The maximum atomic E-state index is 12.5. The molecular weight excluding hydrogens is 224 g/mol. The second-order valence-electron chi connectivity index (χ2n) is 4.73. The number of hydrogen-bond acceptors (Lipinski definition) is 2. The number of ketones is 1. The summed E-state index contributed by atoms with van der Waals surface area (Å²) in [5.41, 5.74) is 4.38. The van der Waals surface area contributed by atoms with Crippen LogP contribution < -0.4 is 0 Å². The maximum Gasteiger partial charge on any atom is 0.213 e. The summed E-state index contributed by atoms with van der Waals surface area (Å²) < 4.78 is 1.94. The molecule has 0 aliphatic heterocycles. The highest BCUT2D eigenvalue weighted by atomic mass is 16.1. The number of rotatable bonds is 2. The molecule has 0 N–H and O–H groups in total. The normalized spacial score (nSPS) is 10.7. The first-order valence-electron chi connectivity index (χ1n) is 6.04. The molecule has 18 heavy (non-hydrogen) atoms. The minimum atomic E-state index is 0.0115. The van der Waals surface area contributed by atoms with Gasteiger partial charge in [-0.25, -0.2) is 4.98 Å². The minimum Gasteiger partial charge on any atom is -0.335 e. The number of nitrogens with zero attached hydrogens (tertiary/aromatic N) is 2. The van der Waals surface area contributed by atoms with Crippen molar-refractivity contribution in [2.24, 2.45) is 7.05 Å². The van der Waals surface area contributed by atoms with Crippen LogP contribution in [-0.2, 0) is 7.05 Å². The average Bonchev–Trinajstić information content (AvgIpc) is 2.60. The zero-order valence-corrected chi connectivity index (χ0v) is 11.5. The average molecular weight is 242 g/mol. The van der Waals surface area contributed by atoms with Gasteiger partial charge in [-0.3, -0.25) is 4.79 Å². The molecule has 2 rings (SSSR count). The van der Waals surface area contributed by atoms with Crippen molar-refractivity contribution in [3.05, 3.63) is 52.1 Å². The van der Waals surface area contributed by atoms with Crippen LogP contribution in [0.25, 0.3) is 0 Å². The van der Waals surface area contributed by atoms with E-state index in [0.717, 1.165) is 28.2 Å². The highest BCUT2D eigenvalue weighted by Gasteiger charge is 2.19. The molecule has 0 spiro atoms. The molecule has 0 atom stereocenters. The molecule has 2 aromatic rings. The van der Waals surface area contributed by atoms with Crippen LogP contribution in [0.3, 0.4) is 0 Å². The van der Waals surface area contributed by atoms with Gasteiger partial charge in [-0.05, 0) is 38.8 Å². The van der Waals surface area contributed by atoms with Crippen LogP contribution in [0.5, 0.6) is 0 Å². The Hall–Kier alpha value is -1.90. The molecule has 1 aromatic carbocycles. The SMILES string of the molecule is Cc1cccc(C(=O)c2nc(C)n(C)c2C)c1C. The number of imidazole rings is 1. The van der Waals surface area contributed by atoms with Crippen LogP contribution in [0.2, 0.25) is 0 Å². The zero-order valence-electron chi connectivity index (χ0n) is 11.5. The Morgan fingerprint density at radius 1 is 1.17 bits per heavy atom. The first-order chi connectivity index (χ1) is 8.43. The van der Waals surface area contributed by atoms with Crippen molar-refractivity contribution >= 4 is 5.78 Å². The lowest BCUT2D eigenvalue weighted by Crippen LogP contribution is -2.07. The third-order valence-electron chi connectivity index (χ3n) is 3.67. The summed E-state index contributed by atoms with van der Waals surface area (Å²) in [5.74, 6) is 0.874. The van der Waals surface area contributed by atoms with Crippen LogP contribution in [-0.4, -0.2) is 15.3 Å². The third-order valence-corrected chi connectivity index (χ3v) is 3.67. The van der Waals surface area contributed by atoms with E-state index in [1.165, 1.54) is 0 Å². The van der Waals surface area contributed by atoms with E-state index in [1.54, 1.807) is 0 Å². The predicted molar refractivity (Wildman–Crippen MR) is 72.0 cm³/mol. The van der Waals surface area contributed by atoms with E-state index in [9.17, 15) is 4.79 Å². The van der Waals surface area contributed by atoms with Gasteiger partial charge in [0.1, 0.15) is 11.5 Å². The fourth-order valence-electron chi connectivity index (χ4n) is 2.06. The van der Waals surface area contributed by atoms with Crippen molar-refractivity contribution in [3.8, 4) is 0 Å². The highest BCUT2D eigenvalue weighted by Crippen LogP contribution is 2.19. The number of hydrogen-bond donors (Lipinski definition) is 0. The first kappa shape index (κ1) is 12.6. The largest absolute Gasteiger partial charge is 0.335 e. The Balaban J connectivity index is 2.55. The van der Waals surface area contributed by atoms with Crippen LogP contribution in [0, 0.1) is 27.7 Å². The van der Waals surface area contributed by atoms with E-state index in [-0.39, 0.29) is 5.78 Å². The second-order valence-corrected chi connectivity index (χ2v) is 4.73. The van der Waals surface area contributed by atoms with E-state index < -0.39 is 0 Å². The third kappa shape index (κ3) is 1.86. The Morgan fingerprint density at radius 3 is 2.39 bits per heavy atom. The van der Waals surface area contributed by atoms with E-state index in [1.807, 2.05) is 57.5 Å². The Kier molecular flexibility index (Phi) is 3.07. The van der Waals surface area contributed by atoms with Gasteiger partial charge >= 0.3 is 0 Å². The molecule has 0 aliphatic rings. The highest BCUT2D eigenvalue weighted by molar-refractivity contribution is 6.09. The minimum absolute atomic E-state index is 0.0115. The summed E-state index contributed by atoms with van der Waals surface area (Å²) in [4.78, 5) is 16.9. The van der Waals surface area contributed by atoms with Gasteiger partial charge in [0.05, 0.1) is 0 Å². The fourth-order valence-corrected chi connectivity index (χ4v) is 2.06.